The van der Waals surface area contributed by atoms with Gasteiger partial charge in [0.1, 0.15) is 0 Å². The number of hydrogen-bond donors (Lipinski definition) is 1. The summed E-state index contributed by atoms with van der Waals surface area (Å²) in [4.78, 5) is 32.8. The van der Waals surface area contributed by atoms with Gasteiger partial charge >= 0.3 is 17.6 Å². The molecule has 20 heavy (non-hydrogen) atoms. The van der Waals surface area contributed by atoms with Crippen LogP contribution in [0.1, 0.15) is 34.6 Å². The summed E-state index contributed by atoms with van der Waals surface area (Å²) < 4.78 is 9.63. The van der Waals surface area contributed by atoms with E-state index in [0.717, 1.165) is 19.2 Å². The zero-order valence-corrected chi connectivity index (χ0v) is 11.1. The Morgan fingerprint density at radius 3 is 2.30 bits per heavy atom. The first-order chi connectivity index (χ1) is 9.27. The van der Waals surface area contributed by atoms with Crippen molar-refractivity contribution in [1.29, 1.82) is 0 Å². The van der Waals surface area contributed by atoms with Crippen LogP contribution in [0.25, 0.3) is 0 Å². The number of methoxy groups -OCH3 is 1. The van der Waals surface area contributed by atoms with Gasteiger partial charge in [0.05, 0.1) is 29.3 Å². The molecule has 0 radical (unpaired) electrons. The summed E-state index contributed by atoms with van der Waals surface area (Å²) in [6.45, 7) is 3.27. The van der Waals surface area contributed by atoms with Gasteiger partial charge in [-0.3, -0.25) is 10.1 Å². The molecule has 1 rings (SSSR count). The summed E-state index contributed by atoms with van der Waals surface area (Å²) in [6.07, 6.45) is -0.390. The molecule has 0 amide bonds. The van der Waals surface area contributed by atoms with Gasteiger partial charge in [-0.1, -0.05) is 0 Å². The molecule has 1 aromatic rings. The molecule has 0 aliphatic carbocycles. The Bertz CT molecular complexity index is 565. The molecule has 0 saturated carbocycles. The van der Waals surface area contributed by atoms with Crippen LogP contribution in [0.4, 0.5) is 5.69 Å². The first-order valence-corrected chi connectivity index (χ1v) is 5.58. The predicted octanol–water partition coefficient (Wildman–Crippen LogP) is 1.87. The second-order valence-electron chi connectivity index (χ2n) is 4.09. The molecule has 0 saturated heterocycles. The van der Waals surface area contributed by atoms with Crippen molar-refractivity contribution in [1.82, 2.24) is 0 Å². The third-order valence-electron chi connectivity index (χ3n) is 2.29. The number of nitrogens with zero attached hydrogens (tertiary/aromatic N) is 1. The van der Waals surface area contributed by atoms with Crippen molar-refractivity contribution < 1.29 is 29.1 Å². The Labute approximate surface area is 114 Å². The van der Waals surface area contributed by atoms with Gasteiger partial charge in [-0.2, -0.15) is 0 Å². The molecular weight excluding hydrogens is 270 g/mol. The molecule has 108 valence electrons. The number of benzene rings is 1. The Kier molecular flexibility index (Phi) is 4.63. The van der Waals surface area contributed by atoms with Crippen molar-refractivity contribution in [3.63, 3.8) is 0 Å². The first-order valence-electron chi connectivity index (χ1n) is 5.58. The molecule has 8 heteroatoms. The van der Waals surface area contributed by atoms with Gasteiger partial charge in [0, 0.05) is 12.1 Å². The molecule has 0 aliphatic rings. The van der Waals surface area contributed by atoms with Crippen LogP contribution in [0.3, 0.4) is 0 Å². The molecule has 0 aromatic heterocycles. The van der Waals surface area contributed by atoms with Gasteiger partial charge in [-0.05, 0) is 13.8 Å². The lowest BCUT2D eigenvalue weighted by Gasteiger charge is -2.12. The quantitative estimate of drug-likeness (QED) is 0.498. The topological polar surface area (TPSA) is 116 Å². The van der Waals surface area contributed by atoms with E-state index >= 15 is 0 Å². The van der Waals surface area contributed by atoms with Crippen molar-refractivity contribution in [2.24, 2.45) is 0 Å². The van der Waals surface area contributed by atoms with E-state index in [1.54, 1.807) is 13.8 Å². The lowest BCUT2D eigenvalue weighted by atomic mass is 10.1. The van der Waals surface area contributed by atoms with Crippen molar-refractivity contribution in [2.75, 3.05) is 7.11 Å². The number of rotatable bonds is 5. The van der Waals surface area contributed by atoms with Gasteiger partial charge in [0.15, 0.2) is 5.75 Å². The van der Waals surface area contributed by atoms with E-state index in [1.165, 1.54) is 0 Å². The number of aromatic carboxylic acids is 1. The first kappa shape index (κ1) is 15.4. The summed E-state index contributed by atoms with van der Waals surface area (Å²) in [7, 11) is 1.05. The number of nitro groups is 1. The Hall–Kier alpha value is -2.64. The number of nitro benzene ring substituents is 1. The van der Waals surface area contributed by atoms with Crippen LogP contribution >= 0.6 is 0 Å². The van der Waals surface area contributed by atoms with Crippen LogP contribution in [0.15, 0.2) is 12.1 Å². The highest BCUT2D eigenvalue weighted by Gasteiger charge is 2.26. The molecule has 0 unspecified atom stereocenters. The third kappa shape index (κ3) is 3.22. The van der Waals surface area contributed by atoms with Crippen LogP contribution in [0, 0.1) is 10.1 Å². The van der Waals surface area contributed by atoms with Crippen LogP contribution < -0.4 is 4.74 Å². The monoisotopic (exact) mass is 283 g/mol. The van der Waals surface area contributed by atoms with Crippen molar-refractivity contribution >= 4 is 17.6 Å². The molecule has 0 atom stereocenters. The van der Waals surface area contributed by atoms with E-state index in [-0.39, 0.29) is 11.9 Å². The predicted molar refractivity (Wildman–Crippen MR) is 67.2 cm³/mol. The third-order valence-corrected chi connectivity index (χ3v) is 2.29. The van der Waals surface area contributed by atoms with Crippen LogP contribution in [-0.4, -0.2) is 35.2 Å². The normalized spacial score (nSPS) is 10.2. The maximum Gasteiger partial charge on any atom is 0.338 e. The molecular formula is C12H13NO7. The van der Waals surface area contributed by atoms with Crippen molar-refractivity contribution in [3.8, 4) is 5.75 Å². The summed E-state index contributed by atoms with van der Waals surface area (Å²) in [5.74, 6) is -2.59. The molecule has 0 bridgehead atoms. The van der Waals surface area contributed by atoms with Gasteiger partial charge in [0.2, 0.25) is 0 Å². The number of carboxylic acid groups (broad SMARTS) is 1. The maximum absolute atomic E-state index is 11.5. The summed E-state index contributed by atoms with van der Waals surface area (Å²) >= 11 is 0. The maximum atomic E-state index is 11.5. The molecule has 8 nitrogen and oxygen atoms in total. The van der Waals surface area contributed by atoms with Crippen LogP contribution in [0.5, 0.6) is 5.75 Å². The van der Waals surface area contributed by atoms with Gasteiger partial charge < -0.3 is 14.6 Å². The average Bonchev–Trinajstić information content (AvgIpc) is 2.36. The Morgan fingerprint density at radius 1 is 1.30 bits per heavy atom. The van der Waals surface area contributed by atoms with E-state index in [1.807, 2.05) is 0 Å². The zero-order valence-electron chi connectivity index (χ0n) is 11.1. The molecule has 0 aliphatic heterocycles. The largest absolute Gasteiger partial charge is 0.484 e. The average molecular weight is 283 g/mol. The zero-order chi connectivity index (χ0) is 15.4. The summed E-state index contributed by atoms with van der Waals surface area (Å²) in [5.41, 5.74) is -1.31. The highest BCUT2D eigenvalue weighted by molar-refractivity contribution is 6.03. The lowest BCUT2D eigenvalue weighted by Crippen LogP contribution is -2.13. The minimum Gasteiger partial charge on any atom is -0.484 e. The number of ether oxygens (including phenoxy) is 2. The van der Waals surface area contributed by atoms with E-state index in [9.17, 15) is 19.7 Å². The highest BCUT2D eigenvalue weighted by Crippen LogP contribution is 2.32. The molecule has 1 N–H and O–H groups in total. The molecule has 0 spiro atoms. The van der Waals surface area contributed by atoms with Crippen LogP contribution in [-0.2, 0) is 4.74 Å². The van der Waals surface area contributed by atoms with Crippen molar-refractivity contribution in [3.05, 3.63) is 33.4 Å². The second kappa shape index (κ2) is 6.00. The number of esters is 1. The smallest absolute Gasteiger partial charge is 0.338 e. The number of carboxylic acids is 1. The molecule has 0 heterocycles. The number of carbonyl (C=O) groups is 2. The molecule has 0 fully saturated rings. The summed E-state index contributed by atoms with van der Waals surface area (Å²) in [5, 5.41) is 20.0. The minimum absolute atomic E-state index is 0.213. The fourth-order valence-electron chi connectivity index (χ4n) is 1.52. The van der Waals surface area contributed by atoms with E-state index in [0.29, 0.717) is 0 Å². The fourth-order valence-corrected chi connectivity index (χ4v) is 1.52. The van der Waals surface area contributed by atoms with Crippen LogP contribution in [0.2, 0.25) is 0 Å². The minimum atomic E-state index is -1.41. The summed E-state index contributed by atoms with van der Waals surface area (Å²) in [6, 6.07) is 1.79. The van der Waals surface area contributed by atoms with Crippen molar-refractivity contribution in [2.45, 2.75) is 20.0 Å². The van der Waals surface area contributed by atoms with E-state index < -0.39 is 33.7 Å². The standard InChI is InChI=1S/C12H13NO7/c1-6(2)20-10-5-7(11(14)15)8(12(16)19-3)4-9(10)13(17)18/h4-6H,1-3H3,(H,14,15). The lowest BCUT2D eigenvalue weighted by molar-refractivity contribution is -0.386. The SMILES string of the molecule is COC(=O)c1cc([N+](=O)[O-])c(OC(C)C)cc1C(=O)O. The molecule has 1 aromatic carbocycles. The van der Waals surface area contributed by atoms with Gasteiger partial charge in [0.25, 0.3) is 0 Å². The second-order valence-corrected chi connectivity index (χ2v) is 4.09. The number of carbonyl (C=O) groups excluding carboxylic acids is 1. The van der Waals surface area contributed by atoms with Gasteiger partial charge in [-0.25, -0.2) is 9.59 Å². The number of hydrogen-bond acceptors (Lipinski definition) is 6. The Morgan fingerprint density at radius 2 is 1.90 bits per heavy atom. The Balaban J connectivity index is 3.55. The van der Waals surface area contributed by atoms with E-state index in [4.69, 9.17) is 9.84 Å². The fraction of sp³-hybridized carbons (Fsp3) is 0.333. The highest BCUT2D eigenvalue weighted by atomic mass is 16.6. The van der Waals surface area contributed by atoms with E-state index in [2.05, 4.69) is 4.74 Å². The van der Waals surface area contributed by atoms with Gasteiger partial charge in [-0.15, -0.1) is 0 Å².